The summed E-state index contributed by atoms with van der Waals surface area (Å²) in [5.41, 5.74) is 1.17. The molecule has 8 heteroatoms. The first kappa shape index (κ1) is 17.2. The van der Waals surface area contributed by atoms with E-state index in [0.29, 0.717) is 34.3 Å². The first-order chi connectivity index (χ1) is 13.1. The lowest BCUT2D eigenvalue weighted by molar-refractivity contribution is -0.383. The lowest BCUT2D eigenvalue weighted by Crippen LogP contribution is -2.18. The van der Waals surface area contributed by atoms with Gasteiger partial charge in [-0.2, -0.15) is 5.10 Å². The highest BCUT2D eigenvalue weighted by molar-refractivity contribution is 5.94. The van der Waals surface area contributed by atoms with Crippen LogP contribution in [0.15, 0.2) is 47.3 Å². The third-order valence-corrected chi connectivity index (χ3v) is 4.71. The van der Waals surface area contributed by atoms with Gasteiger partial charge in [-0.3, -0.25) is 14.9 Å². The molecule has 0 amide bonds. The van der Waals surface area contributed by atoms with Crippen molar-refractivity contribution in [1.29, 1.82) is 0 Å². The number of aromatic nitrogens is 2. The van der Waals surface area contributed by atoms with Gasteiger partial charge in [0.1, 0.15) is 5.69 Å². The number of nitro benzene ring substituents is 1. The van der Waals surface area contributed by atoms with E-state index in [2.05, 4.69) is 15.5 Å². The fourth-order valence-corrected chi connectivity index (χ4v) is 3.34. The zero-order valence-corrected chi connectivity index (χ0v) is 14.5. The quantitative estimate of drug-likeness (QED) is 0.530. The number of rotatable bonds is 5. The molecule has 138 valence electrons. The predicted molar refractivity (Wildman–Crippen MR) is 102 cm³/mol. The van der Waals surface area contributed by atoms with Crippen molar-refractivity contribution in [1.82, 2.24) is 10.2 Å². The maximum absolute atomic E-state index is 12.0. The molecule has 0 spiro atoms. The van der Waals surface area contributed by atoms with Crippen LogP contribution in [0.2, 0.25) is 0 Å². The summed E-state index contributed by atoms with van der Waals surface area (Å²) in [6.45, 7) is 1.26. The minimum Gasteiger partial charge on any atom is -0.377 e. The van der Waals surface area contributed by atoms with E-state index in [0.717, 1.165) is 19.4 Å². The van der Waals surface area contributed by atoms with Gasteiger partial charge in [0, 0.05) is 30.2 Å². The molecular weight excluding hydrogens is 348 g/mol. The lowest BCUT2D eigenvalue weighted by Gasteiger charge is -2.13. The molecule has 8 nitrogen and oxygen atoms in total. The summed E-state index contributed by atoms with van der Waals surface area (Å²) >= 11 is 0. The van der Waals surface area contributed by atoms with Gasteiger partial charge in [0.05, 0.1) is 22.1 Å². The second-order valence-corrected chi connectivity index (χ2v) is 6.45. The molecule has 4 rings (SSSR count). The molecule has 3 aromatic rings. The highest BCUT2D eigenvalue weighted by atomic mass is 16.6. The summed E-state index contributed by atoms with van der Waals surface area (Å²) in [4.78, 5) is 23.1. The van der Waals surface area contributed by atoms with E-state index < -0.39 is 4.92 Å². The number of nitrogens with zero attached hydrogens (tertiary/aromatic N) is 2. The maximum Gasteiger partial charge on any atom is 0.292 e. The van der Waals surface area contributed by atoms with Crippen LogP contribution in [0.3, 0.4) is 0 Å². The van der Waals surface area contributed by atoms with Crippen molar-refractivity contribution in [3.05, 3.63) is 62.9 Å². The van der Waals surface area contributed by atoms with Gasteiger partial charge in [-0.05, 0) is 25.0 Å². The van der Waals surface area contributed by atoms with Crippen LogP contribution in [0.25, 0.3) is 22.0 Å². The Kier molecular flexibility index (Phi) is 4.55. The summed E-state index contributed by atoms with van der Waals surface area (Å²) in [7, 11) is 0. The Bertz CT molecular complexity index is 1060. The van der Waals surface area contributed by atoms with Gasteiger partial charge >= 0.3 is 0 Å². The minimum atomic E-state index is -0.421. The largest absolute Gasteiger partial charge is 0.377 e. The number of fused-ring (bicyclic) bond motifs is 1. The first-order valence-corrected chi connectivity index (χ1v) is 8.75. The SMILES string of the molecule is O=c1[nH]nc(-c2ccc(NC[C@@H]3CCCO3)c([N+](=O)[O-])c2)c2ccccc12. The van der Waals surface area contributed by atoms with E-state index in [1.165, 1.54) is 6.07 Å². The standard InChI is InChI=1S/C19H18N4O4/c24-19-15-6-2-1-5-14(15)18(21-22-19)12-7-8-16(17(10-12)23(25)26)20-11-13-4-3-9-27-13/h1-2,5-8,10,13,20H,3-4,9,11H2,(H,22,24)/t13-/m0/s1. The highest BCUT2D eigenvalue weighted by Gasteiger charge is 2.20. The molecule has 2 heterocycles. The average Bonchev–Trinajstić information content (AvgIpc) is 3.20. The van der Waals surface area contributed by atoms with Gasteiger partial charge in [-0.15, -0.1) is 0 Å². The molecule has 1 saturated heterocycles. The molecule has 2 aromatic carbocycles. The van der Waals surface area contributed by atoms with Crippen LogP contribution in [0, 0.1) is 10.1 Å². The number of nitro groups is 1. The van der Waals surface area contributed by atoms with Crippen molar-refractivity contribution in [3.63, 3.8) is 0 Å². The third kappa shape index (κ3) is 3.39. The Morgan fingerprint density at radius 3 is 2.81 bits per heavy atom. The second kappa shape index (κ2) is 7.16. The smallest absolute Gasteiger partial charge is 0.292 e. The van der Waals surface area contributed by atoms with Gasteiger partial charge in [0.25, 0.3) is 11.2 Å². The Morgan fingerprint density at radius 2 is 2.07 bits per heavy atom. The van der Waals surface area contributed by atoms with Crippen molar-refractivity contribution in [2.45, 2.75) is 18.9 Å². The molecule has 0 radical (unpaired) electrons. The van der Waals surface area contributed by atoms with Crippen molar-refractivity contribution < 1.29 is 9.66 Å². The van der Waals surface area contributed by atoms with E-state index in [9.17, 15) is 14.9 Å². The van der Waals surface area contributed by atoms with Crippen molar-refractivity contribution in [2.24, 2.45) is 0 Å². The van der Waals surface area contributed by atoms with E-state index in [4.69, 9.17) is 4.74 Å². The molecule has 0 unspecified atom stereocenters. The molecule has 1 aliphatic heterocycles. The van der Waals surface area contributed by atoms with Crippen molar-refractivity contribution >= 4 is 22.1 Å². The normalized spacial score (nSPS) is 16.5. The molecule has 1 aliphatic rings. The monoisotopic (exact) mass is 366 g/mol. The number of hydrogen-bond acceptors (Lipinski definition) is 6. The van der Waals surface area contributed by atoms with Gasteiger partial charge in [0.15, 0.2) is 0 Å². The second-order valence-electron chi connectivity index (χ2n) is 6.45. The zero-order chi connectivity index (χ0) is 18.8. The van der Waals surface area contributed by atoms with Crippen LogP contribution in [0.5, 0.6) is 0 Å². The zero-order valence-electron chi connectivity index (χ0n) is 14.5. The van der Waals surface area contributed by atoms with Crippen molar-refractivity contribution in [3.8, 4) is 11.3 Å². The molecule has 1 fully saturated rings. The minimum absolute atomic E-state index is 0.0393. The molecular formula is C19H18N4O4. The summed E-state index contributed by atoms with van der Waals surface area (Å²) in [5.74, 6) is 0. The molecule has 1 atom stereocenters. The summed E-state index contributed by atoms with van der Waals surface area (Å²) in [5, 5.41) is 22.4. The molecule has 0 saturated carbocycles. The number of anilines is 1. The van der Waals surface area contributed by atoms with Crippen LogP contribution in [0.4, 0.5) is 11.4 Å². The Balaban J connectivity index is 1.72. The Hall–Kier alpha value is -3.26. The number of H-pyrrole nitrogens is 1. The number of hydrogen-bond donors (Lipinski definition) is 2. The fraction of sp³-hybridized carbons (Fsp3) is 0.263. The van der Waals surface area contributed by atoms with E-state index >= 15 is 0 Å². The van der Waals surface area contributed by atoms with Crippen molar-refractivity contribution in [2.75, 3.05) is 18.5 Å². The van der Waals surface area contributed by atoms with Gasteiger partial charge in [0.2, 0.25) is 0 Å². The van der Waals surface area contributed by atoms with Crippen LogP contribution in [0.1, 0.15) is 12.8 Å². The van der Waals surface area contributed by atoms with Gasteiger partial charge in [-0.1, -0.05) is 24.3 Å². The van der Waals surface area contributed by atoms with Crippen LogP contribution < -0.4 is 10.9 Å². The van der Waals surface area contributed by atoms with E-state index in [1.807, 2.05) is 0 Å². The number of benzene rings is 2. The van der Waals surface area contributed by atoms with Crippen LogP contribution in [-0.4, -0.2) is 34.4 Å². The van der Waals surface area contributed by atoms with Gasteiger partial charge in [-0.25, -0.2) is 5.10 Å². The first-order valence-electron chi connectivity index (χ1n) is 8.75. The van der Waals surface area contributed by atoms with E-state index in [-0.39, 0.29) is 17.4 Å². The molecule has 0 aliphatic carbocycles. The van der Waals surface area contributed by atoms with E-state index in [1.54, 1.807) is 36.4 Å². The lowest BCUT2D eigenvalue weighted by atomic mass is 10.0. The van der Waals surface area contributed by atoms with Crippen LogP contribution in [-0.2, 0) is 4.74 Å². The Labute approximate surface area is 154 Å². The predicted octanol–water partition coefficient (Wildman–Crippen LogP) is 3.09. The fourth-order valence-electron chi connectivity index (χ4n) is 3.34. The molecule has 1 aromatic heterocycles. The molecule has 2 N–H and O–H groups in total. The topological polar surface area (TPSA) is 110 Å². The summed E-state index contributed by atoms with van der Waals surface area (Å²) in [6, 6.07) is 12.0. The number of ether oxygens (including phenoxy) is 1. The molecule has 0 bridgehead atoms. The Morgan fingerprint density at radius 1 is 1.26 bits per heavy atom. The van der Waals surface area contributed by atoms with Crippen LogP contribution >= 0.6 is 0 Å². The maximum atomic E-state index is 12.0. The number of nitrogens with one attached hydrogen (secondary N) is 2. The third-order valence-electron chi connectivity index (χ3n) is 4.71. The summed E-state index contributed by atoms with van der Waals surface area (Å²) in [6.07, 6.45) is 2.04. The number of aromatic amines is 1. The highest BCUT2D eigenvalue weighted by Crippen LogP contribution is 2.32. The summed E-state index contributed by atoms with van der Waals surface area (Å²) < 4.78 is 5.55. The molecule has 27 heavy (non-hydrogen) atoms. The average molecular weight is 366 g/mol. The van der Waals surface area contributed by atoms with Gasteiger partial charge < -0.3 is 10.1 Å².